The Balaban J connectivity index is 2.50. The van der Waals surface area contributed by atoms with Crippen LogP contribution >= 0.6 is 0 Å². The van der Waals surface area contributed by atoms with Crippen LogP contribution in [-0.4, -0.2) is 14.7 Å². The molecule has 0 aliphatic heterocycles. The van der Waals surface area contributed by atoms with Gasteiger partial charge in [-0.15, -0.1) is 4.91 Å². The van der Waals surface area contributed by atoms with Crippen molar-refractivity contribution in [3.63, 3.8) is 0 Å². The number of fused-ring (bicyclic) bond motifs is 2. The lowest BCUT2D eigenvalue weighted by Gasteiger charge is -2.12. The molecule has 0 radical (unpaired) electrons. The molecule has 0 fully saturated rings. The topological polar surface area (TPSA) is 67.5 Å². The molecule has 1 N–H and O–H groups in total. The normalized spacial score (nSPS) is 12.2. The van der Waals surface area contributed by atoms with Crippen LogP contribution in [0.5, 0.6) is 5.75 Å². The minimum Gasteiger partial charge on any atom is -0.505 e. The number of alkyl halides is 3. The van der Waals surface area contributed by atoms with E-state index in [0.29, 0.717) is 12.8 Å². The highest BCUT2D eigenvalue weighted by atomic mass is 19.4. The maximum Gasteiger partial charge on any atom is 0.449 e. The van der Waals surface area contributed by atoms with Gasteiger partial charge in [0.2, 0.25) is 5.82 Å². The molecular weight excluding hydrogens is 323 g/mol. The van der Waals surface area contributed by atoms with Crippen LogP contribution in [-0.2, 0) is 12.7 Å². The van der Waals surface area contributed by atoms with Gasteiger partial charge in [0.25, 0.3) is 0 Å². The number of phenols is 1. The standard InChI is InChI=1S/C16H14F3N3O2/c1-2-3-8-22-13-12(20-15(22)16(17,18)19)11(21-24)9-6-4-5-7-10(9)14(13)23/h4-7,23H,2-3,8H2,1H3. The summed E-state index contributed by atoms with van der Waals surface area (Å²) in [6.07, 6.45) is -3.56. The number of rotatable bonds is 4. The van der Waals surface area contributed by atoms with E-state index in [1.165, 1.54) is 12.1 Å². The van der Waals surface area contributed by atoms with Gasteiger partial charge in [-0.3, -0.25) is 0 Å². The Kier molecular flexibility index (Phi) is 3.90. The fraction of sp³-hybridized carbons (Fsp3) is 0.312. The molecule has 0 amide bonds. The second kappa shape index (κ2) is 5.77. The lowest BCUT2D eigenvalue weighted by atomic mass is 10.1. The summed E-state index contributed by atoms with van der Waals surface area (Å²) in [6.45, 7) is 1.88. The van der Waals surface area contributed by atoms with Gasteiger partial charge in [0.05, 0.1) is 0 Å². The van der Waals surface area contributed by atoms with Crippen LogP contribution in [0.3, 0.4) is 0 Å². The first kappa shape index (κ1) is 16.2. The molecule has 0 bridgehead atoms. The van der Waals surface area contributed by atoms with E-state index in [1.54, 1.807) is 12.1 Å². The van der Waals surface area contributed by atoms with Gasteiger partial charge in [-0.1, -0.05) is 37.6 Å². The molecule has 3 rings (SSSR count). The third kappa shape index (κ3) is 2.38. The maximum atomic E-state index is 13.4. The largest absolute Gasteiger partial charge is 0.505 e. The van der Waals surface area contributed by atoms with Crippen molar-refractivity contribution < 1.29 is 18.3 Å². The number of nitrogens with zero attached hydrogens (tertiary/aromatic N) is 3. The summed E-state index contributed by atoms with van der Waals surface area (Å²) in [4.78, 5) is 14.9. The Morgan fingerprint density at radius 1 is 1.25 bits per heavy atom. The minimum atomic E-state index is -4.70. The van der Waals surface area contributed by atoms with E-state index < -0.39 is 12.0 Å². The maximum absolute atomic E-state index is 13.4. The molecule has 0 aliphatic rings. The van der Waals surface area contributed by atoms with Crippen LogP contribution in [0.2, 0.25) is 0 Å². The zero-order valence-corrected chi connectivity index (χ0v) is 12.8. The zero-order chi connectivity index (χ0) is 17.5. The summed E-state index contributed by atoms with van der Waals surface area (Å²) in [6, 6.07) is 6.29. The molecule has 0 unspecified atom stereocenters. The number of hydrogen-bond acceptors (Lipinski definition) is 4. The average molecular weight is 337 g/mol. The van der Waals surface area contributed by atoms with Crippen LogP contribution in [0.1, 0.15) is 25.6 Å². The molecule has 1 heterocycles. The molecule has 0 aliphatic carbocycles. The number of aromatic nitrogens is 2. The van der Waals surface area contributed by atoms with Gasteiger partial charge in [0, 0.05) is 17.3 Å². The SMILES string of the molecule is CCCCn1c(C(F)(F)F)nc2c(N=O)c3ccccc3c(O)c21. The van der Waals surface area contributed by atoms with Crippen molar-refractivity contribution in [1.29, 1.82) is 0 Å². The van der Waals surface area contributed by atoms with Crippen LogP contribution in [0.4, 0.5) is 18.9 Å². The number of nitroso groups, excluding NO2 is 1. The Labute approximate surface area is 134 Å². The van der Waals surface area contributed by atoms with Crippen molar-refractivity contribution in [1.82, 2.24) is 9.55 Å². The highest BCUT2D eigenvalue weighted by molar-refractivity contribution is 6.12. The summed E-state index contributed by atoms with van der Waals surface area (Å²) in [5, 5.41) is 13.9. The van der Waals surface area contributed by atoms with Gasteiger partial charge in [-0.2, -0.15) is 13.2 Å². The molecule has 0 saturated carbocycles. The van der Waals surface area contributed by atoms with Gasteiger partial charge < -0.3 is 9.67 Å². The average Bonchev–Trinajstić information content (AvgIpc) is 2.93. The van der Waals surface area contributed by atoms with Crippen LogP contribution < -0.4 is 0 Å². The highest BCUT2D eigenvalue weighted by Crippen LogP contribution is 2.44. The first-order chi connectivity index (χ1) is 11.4. The van der Waals surface area contributed by atoms with E-state index in [1.807, 2.05) is 6.92 Å². The smallest absolute Gasteiger partial charge is 0.449 e. The van der Waals surface area contributed by atoms with Crippen molar-refractivity contribution in [3.05, 3.63) is 35.0 Å². The molecule has 8 heteroatoms. The summed E-state index contributed by atoms with van der Waals surface area (Å²) in [7, 11) is 0. The third-order valence-electron chi connectivity index (χ3n) is 3.93. The number of phenolic OH excluding ortho intramolecular Hbond substituents is 1. The second-order valence-corrected chi connectivity index (χ2v) is 5.47. The van der Waals surface area contributed by atoms with Crippen molar-refractivity contribution in [2.45, 2.75) is 32.5 Å². The number of imidazole rings is 1. The molecule has 5 nitrogen and oxygen atoms in total. The molecule has 0 saturated heterocycles. The summed E-state index contributed by atoms with van der Waals surface area (Å²) >= 11 is 0. The number of halogens is 3. The molecule has 2 aromatic carbocycles. The van der Waals surface area contributed by atoms with E-state index in [4.69, 9.17) is 0 Å². The Hall–Kier alpha value is -2.64. The van der Waals surface area contributed by atoms with Gasteiger partial charge in [-0.05, 0) is 11.6 Å². The quantitative estimate of drug-likeness (QED) is 0.673. The van der Waals surface area contributed by atoms with Crippen molar-refractivity contribution >= 4 is 27.5 Å². The van der Waals surface area contributed by atoms with E-state index >= 15 is 0 Å². The molecule has 126 valence electrons. The number of benzene rings is 2. The second-order valence-electron chi connectivity index (χ2n) is 5.47. The lowest BCUT2D eigenvalue weighted by Crippen LogP contribution is -2.15. The van der Waals surface area contributed by atoms with E-state index in [9.17, 15) is 23.2 Å². The lowest BCUT2D eigenvalue weighted by molar-refractivity contribution is -0.146. The van der Waals surface area contributed by atoms with E-state index in [2.05, 4.69) is 10.2 Å². The predicted molar refractivity (Wildman–Crippen MR) is 84.3 cm³/mol. The molecule has 1 aromatic heterocycles. The first-order valence-corrected chi connectivity index (χ1v) is 7.44. The van der Waals surface area contributed by atoms with E-state index in [-0.39, 0.29) is 39.8 Å². The molecule has 3 aromatic rings. The van der Waals surface area contributed by atoms with Crippen molar-refractivity contribution in [2.24, 2.45) is 5.18 Å². The van der Waals surface area contributed by atoms with Gasteiger partial charge >= 0.3 is 6.18 Å². The van der Waals surface area contributed by atoms with Gasteiger partial charge in [0.1, 0.15) is 22.5 Å². The third-order valence-corrected chi connectivity index (χ3v) is 3.93. The van der Waals surface area contributed by atoms with E-state index in [0.717, 1.165) is 4.57 Å². The monoisotopic (exact) mass is 337 g/mol. The number of unbranched alkanes of at least 4 members (excludes halogenated alkanes) is 1. The van der Waals surface area contributed by atoms with Crippen LogP contribution in [0, 0.1) is 4.91 Å². The number of aromatic hydroxyl groups is 1. The van der Waals surface area contributed by atoms with Crippen LogP contribution in [0.25, 0.3) is 21.8 Å². The van der Waals surface area contributed by atoms with Gasteiger partial charge in [0.15, 0.2) is 0 Å². The molecule has 24 heavy (non-hydrogen) atoms. The highest BCUT2D eigenvalue weighted by Gasteiger charge is 2.39. The fourth-order valence-corrected chi connectivity index (χ4v) is 2.85. The first-order valence-electron chi connectivity index (χ1n) is 7.44. The molecule has 0 atom stereocenters. The van der Waals surface area contributed by atoms with Crippen LogP contribution in [0.15, 0.2) is 29.4 Å². The summed E-state index contributed by atoms with van der Waals surface area (Å²) in [5.74, 6) is -1.46. The fourth-order valence-electron chi connectivity index (χ4n) is 2.85. The Morgan fingerprint density at radius 3 is 2.50 bits per heavy atom. The number of aryl methyl sites for hydroxylation is 1. The summed E-state index contributed by atoms with van der Waals surface area (Å²) in [5.41, 5.74) is -0.534. The molecule has 0 spiro atoms. The predicted octanol–water partition coefficient (Wildman–Crippen LogP) is 5.11. The Bertz CT molecular complexity index is 932. The van der Waals surface area contributed by atoms with Crippen molar-refractivity contribution in [2.75, 3.05) is 0 Å². The Morgan fingerprint density at radius 2 is 1.92 bits per heavy atom. The number of hydrogen-bond donors (Lipinski definition) is 1. The van der Waals surface area contributed by atoms with Gasteiger partial charge in [-0.25, -0.2) is 4.98 Å². The molecular formula is C16H14F3N3O2. The van der Waals surface area contributed by atoms with Crippen molar-refractivity contribution in [3.8, 4) is 5.75 Å². The zero-order valence-electron chi connectivity index (χ0n) is 12.8. The summed E-state index contributed by atoms with van der Waals surface area (Å²) < 4.78 is 41.0. The minimum absolute atomic E-state index is 0.0338.